The zero-order chi connectivity index (χ0) is 17.2. The summed E-state index contributed by atoms with van der Waals surface area (Å²) < 4.78 is 6.72. The first kappa shape index (κ1) is 18.9. The van der Waals surface area contributed by atoms with E-state index in [0.29, 0.717) is 24.8 Å². The number of halogens is 1. The van der Waals surface area contributed by atoms with Crippen LogP contribution < -0.4 is 10.6 Å². The minimum Gasteiger partial charge on any atom is -0.378 e. The molecule has 132 valence electrons. The van der Waals surface area contributed by atoms with Crippen molar-refractivity contribution < 1.29 is 14.3 Å². The van der Waals surface area contributed by atoms with Crippen LogP contribution in [0.3, 0.4) is 0 Å². The molecule has 0 saturated heterocycles. The number of benzene rings is 1. The smallest absolute Gasteiger partial charge is 0.251 e. The van der Waals surface area contributed by atoms with Crippen LogP contribution in [-0.4, -0.2) is 37.6 Å². The van der Waals surface area contributed by atoms with Gasteiger partial charge >= 0.3 is 0 Å². The van der Waals surface area contributed by atoms with Crippen LogP contribution in [0.25, 0.3) is 0 Å². The molecule has 1 saturated carbocycles. The van der Waals surface area contributed by atoms with Gasteiger partial charge in [0.05, 0.1) is 12.6 Å². The van der Waals surface area contributed by atoms with E-state index < -0.39 is 0 Å². The van der Waals surface area contributed by atoms with E-state index in [-0.39, 0.29) is 18.4 Å². The lowest BCUT2D eigenvalue weighted by Gasteiger charge is -2.21. The molecule has 1 aromatic carbocycles. The highest BCUT2D eigenvalue weighted by atomic mass is 79.9. The molecule has 0 atom stereocenters. The number of carbonyl (C=O) groups excluding carboxylic acids is 2. The summed E-state index contributed by atoms with van der Waals surface area (Å²) in [5.74, 6) is -0.434. The maximum absolute atomic E-state index is 11.9. The topological polar surface area (TPSA) is 67.4 Å². The Balaban J connectivity index is 1.53. The van der Waals surface area contributed by atoms with Crippen LogP contribution in [0.4, 0.5) is 0 Å². The molecule has 1 aliphatic rings. The lowest BCUT2D eigenvalue weighted by molar-refractivity contribution is -0.120. The summed E-state index contributed by atoms with van der Waals surface area (Å²) in [6, 6.07) is 7.00. The van der Waals surface area contributed by atoms with E-state index in [9.17, 15) is 9.59 Å². The van der Waals surface area contributed by atoms with Gasteiger partial charge in [-0.3, -0.25) is 9.59 Å². The van der Waals surface area contributed by atoms with Crippen LogP contribution in [0.15, 0.2) is 28.7 Å². The summed E-state index contributed by atoms with van der Waals surface area (Å²) in [5.41, 5.74) is 0.534. The van der Waals surface area contributed by atoms with Gasteiger partial charge in [-0.1, -0.05) is 35.2 Å². The van der Waals surface area contributed by atoms with Gasteiger partial charge in [-0.05, 0) is 43.5 Å². The average molecular weight is 397 g/mol. The number of hydrogen-bond acceptors (Lipinski definition) is 3. The summed E-state index contributed by atoms with van der Waals surface area (Å²) in [7, 11) is 0. The summed E-state index contributed by atoms with van der Waals surface area (Å²) in [4.78, 5) is 23.6. The van der Waals surface area contributed by atoms with Crippen LogP contribution >= 0.6 is 15.9 Å². The van der Waals surface area contributed by atoms with Crippen molar-refractivity contribution in [3.8, 4) is 0 Å². The fourth-order valence-corrected chi connectivity index (χ4v) is 2.97. The second-order valence-electron chi connectivity index (χ2n) is 6.02. The first-order chi connectivity index (χ1) is 11.6. The van der Waals surface area contributed by atoms with Crippen LogP contribution in [-0.2, 0) is 9.53 Å². The normalized spacial score (nSPS) is 15.0. The Morgan fingerprint density at radius 3 is 2.50 bits per heavy atom. The number of carbonyl (C=O) groups is 2. The predicted octanol–water partition coefficient (Wildman–Crippen LogP) is 3.03. The lowest BCUT2D eigenvalue weighted by atomic mass is 9.98. The third-order valence-electron chi connectivity index (χ3n) is 4.06. The quantitative estimate of drug-likeness (QED) is 0.663. The van der Waals surface area contributed by atoms with Crippen molar-refractivity contribution in [2.45, 2.75) is 44.6 Å². The van der Waals surface area contributed by atoms with Gasteiger partial charge in [0, 0.05) is 23.2 Å². The van der Waals surface area contributed by atoms with Crippen molar-refractivity contribution in [3.63, 3.8) is 0 Å². The van der Waals surface area contributed by atoms with Crippen molar-refractivity contribution in [3.05, 3.63) is 34.3 Å². The van der Waals surface area contributed by atoms with Crippen molar-refractivity contribution in [2.24, 2.45) is 0 Å². The molecule has 5 nitrogen and oxygen atoms in total. The maximum atomic E-state index is 11.9. The van der Waals surface area contributed by atoms with Crippen molar-refractivity contribution in [1.82, 2.24) is 10.6 Å². The fraction of sp³-hybridized carbons (Fsp3) is 0.556. The van der Waals surface area contributed by atoms with Gasteiger partial charge < -0.3 is 15.4 Å². The lowest BCUT2D eigenvalue weighted by Crippen LogP contribution is -2.37. The molecule has 24 heavy (non-hydrogen) atoms. The summed E-state index contributed by atoms with van der Waals surface area (Å²) in [6.45, 7) is 1.23. The molecule has 0 bridgehead atoms. The van der Waals surface area contributed by atoms with Gasteiger partial charge in [0.15, 0.2) is 0 Å². The SMILES string of the molecule is O=C(CNC(=O)c1ccc(Br)cc1)NCCCOC1CCCCC1. The highest BCUT2D eigenvalue weighted by Crippen LogP contribution is 2.20. The number of rotatable bonds is 8. The molecule has 0 radical (unpaired) electrons. The minimum atomic E-state index is -0.252. The van der Waals surface area contributed by atoms with E-state index in [0.717, 1.165) is 23.7 Å². The molecule has 6 heteroatoms. The molecule has 0 aromatic heterocycles. The molecule has 2 N–H and O–H groups in total. The molecule has 0 unspecified atom stereocenters. The predicted molar refractivity (Wildman–Crippen MR) is 96.9 cm³/mol. The molecular formula is C18H25BrN2O3. The molecule has 2 amide bonds. The van der Waals surface area contributed by atoms with Crippen LogP contribution in [0.2, 0.25) is 0 Å². The molecule has 1 aromatic rings. The highest BCUT2D eigenvalue weighted by molar-refractivity contribution is 9.10. The molecule has 0 aliphatic heterocycles. The number of nitrogens with one attached hydrogen (secondary N) is 2. The summed E-state index contributed by atoms with van der Waals surface area (Å²) in [6.07, 6.45) is 7.37. The van der Waals surface area contributed by atoms with Crippen molar-refractivity contribution in [2.75, 3.05) is 19.7 Å². The second-order valence-corrected chi connectivity index (χ2v) is 6.94. The van der Waals surface area contributed by atoms with Gasteiger partial charge in [0.2, 0.25) is 5.91 Å². The minimum absolute atomic E-state index is 0.0155. The zero-order valence-electron chi connectivity index (χ0n) is 13.9. The second kappa shape index (κ2) is 10.5. The zero-order valence-corrected chi connectivity index (χ0v) is 15.4. The van der Waals surface area contributed by atoms with E-state index in [2.05, 4.69) is 26.6 Å². The van der Waals surface area contributed by atoms with Crippen LogP contribution in [0.5, 0.6) is 0 Å². The maximum Gasteiger partial charge on any atom is 0.251 e. The van der Waals surface area contributed by atoms with E-state index in [1.54, 1.807) is 24.3 Å². The number of ether oxygens (including phenoxy) is 1. The van der Waals surface area contributed by atoms with Crippen molar-refractivity contribution in [1.29, 1.82) is 0 Å². The molecular weight excluding hydrogens is 372 g/mol. The average Bonchev–Trinajstić information content (AvgIpc) is 2.61. The molecule has 1 fully saturated rings. The van der Waals surface area contributed by atoms with Gasteiger partial charge in [-0.2, -0.15) is 0 Å². The van der Waals surface area contributed by atoms with E-state index in [1.807, 2.05) is 0 Å². The number of amides is 2. The van der Waals surface area contributed by atoms with E-state index >= 15 is 0 Å². The van der Waals surface area contributed by atoms with E-state index in [4.69, 9.17) is 4.74 Å². The molecule has 2 rings (SSSR count). The van der Waals surface area contributed by atoms with Gasteiger partial charge in [0.1, 0.15) is 0 Å². The van der Waals surface area contributed by atoms with Crippen LogP contribution in [0, 0.1) is 0 Å². The monoisotopic (exact) mass is 396 g/mol. The molecule has 0 spiro atoms. The summed E-state index contributed by atoms with van der Waals surface area (Å²) in [5, 5.41) is 5.41. The fourth-order valence-electron chi connectivity index (χ4n) is 2.71. The molecule has 0 heterocycles. The van der Waals surface area contributed by atoms with Gasteiger partial charge in [-0.15, -0.1) is 0 Å². The highest BCUT2D eigenvalue weighted by Gasteiger charge is 2.13. The van der Waals surface area contributed by atoms with Gasteiger partial charge in [-0.25, -0.2) is 0 Å². The standard InChI is InChI=1S/C18H25BrN2O3/c19-15-9-7-14(8-10-15)18(23)21-13-17(22)20-11-4-12-24-16-5-2-1-3-6-16/h7-10,16H,1-6,11-13H2,(H,20,22)(H,21,23). The first-order valence-electron chi connectivity index (χ1n) is 8.57. The Bertz CT molecular complexity index is 528. The summed E-state index contributed by atoms with van der Waals surface area (Å²) >= 11 is 3.32. The van der Waals surface area contributed by atoms with E-state index in [1.165, 1.54) is 19.3 Å². The Morgan fingerprint density at radius 2 is 1.79 bits per heavy atom. The largest absolute Gasteiger partial charge is 0.378 e. The third-order valence-corrected chi connectivity index (χ3v) is 4.59. The molecule has 1 aliphatic carbocycles. The van der Waals surface area contributed by atoms with Crippen LogP contribution in [0.1, 0.15) is 48.9 Å². The Labute approximate surface area is 151 Å². The van der Waals surface area contributed by atoms with Gasteiger partial charge in [0.25, 0.3) is 5.91 Å². The Morgan fingerprint density at radius 1 is 1.08 bits per heavy atom. The number of hydrogen-bond donors (Lipinski definition) is 2. The Kier molecular flexibility index (Phi) is 8.25. The van der Waals surface area contributed by atoms with Crippen molar-refractivity contribution >= 4 is 27.7 Å². The first-order valence-corrected chi connectivity index (χ1v) is 9.36. The third kappa shape index (κ3) is 7.01. The Hall–Kier alpha value is -1.40.